The maximum absolute atomic E-state index is 10.9. The van der Waals surface area contributed by atoms with E-state index in [1.165, 1.54) is 5.57 Å². The zero-order valence-electron chi connectivity index (χ0n) is 19.6. The Bertz CT molecular complexity index is 907. The maximum atomic E-state index is 10.9. The minimum atomic E-state index is 0.00413. The lowest BCUT2D eigenvalue weighted by atomic mass is 9.80. The lowest BCUT2D eigenvalue weighted by Crippen LogP contribution is -2.13. The van der Waals surface area contributed by atoms with Crippen LogP contribution in [0.25, 0.3) is 16.5 Å². The van der Waals surface area contributed by atoms with E-state index in [-0.39, 0.29) is 24.2 Å². The van der Waals surface area contributed by atoms with Crippen molar-refractivity contribution in [3.05, 3.63) is 54.3 Å². The van der Waals surface area contributed by atoms with Gasteiger partial charge >= 0.3 is 0 Å². The molecule has 0 bridgehead atoms. The van der Waals surface area contributed by atoms with Gasteiger partial charge in [-0.15, -0.1) is 6.58 Å². The minimum Gasteiger partial charge on any atom is -0.507 e. The molecule has 1 aliphatic carbocycles. The number of aliphatic hydroxyl groups is 1. The number of nitrogens with one attached hydrogen (secondary N) is 1. The summed E-state index contributed by atoms with van der Waals surface area (Å²) in [6, 6.07) is 3.67. The predicted molar refractivity (Wildman–Crippen MR) is 132 cm³/mol. The Balaban J connectivity index is 0.00000166. The summed E-state index contributed by atoms with van der Waals surface area (Å²) in [6.45, 7) is 12.8. The third-order valence-electron chi connectivity index (χ3n) is 5.68. The van der Waals surface area contributed by atoms with Crippen LogP contribution in [0, 0.1) is 5.92 Å². The number of fused-ring (bicyclic) bond motifs is 3. The molecule has 4 heteroatoms. The molecule has 0 amide bonds. The molecule has 170 valence electrons. The first-order chi connectivity index (χ1) is 15.1. The Morgan fingerprint density at radius 1 is 1.29 bits per heavy atom. The predicted octanol–water partition coefficient (Wildman–Crippen LogP) is 7.10. The second-order valence-corrected chi connectivity index (χ2v) is 7.77. The lowest BCUT2D eigenvalue weighted by molar-refractivity contribution is 0.263. The highest BCUT2D eigenvalue weighted by atomic mass is 16.5. The summed E-state index contributed by atoms with van der Waals surface area (Å²) in [4.78, 5) is 3.48. The number of aromatic nitrogens is 1. The summed E-state index contributed by atoms with van der Waals surface area (Å²) >= 11 is 0. The maximum Gasteiger partial charge on any atom is 0.129 e. The fourth-order valence-electron chi connectivity index (χ4n) is 4.25. The standard InChI is InChI=1S/C25H33NO3.C2H6/c1-4-7-8-13-29-19-14-21-24(22(28)15-19)23-20(17(9-5-2)10-6-3)12-11-18(16-27)25(23)26-21;1-2/h5-6,10,12,14-15,17-18,26-28H,2,4,7-9,11,13,16H2,1,3H3;1-2H3/b10-6-;. The van der Waals surface area contributed by atoms with E-state index in [4.69, 9.17) is 4.74 Å². The number of hydrogen-bond acceptors (Lipinski definition) is 3. The van der Waals surface area contributed by atoms with Gasteiger partial charge in [0.1, 0.15) is 11.5 Å². The van der Waals surface area contributed by atoms with Crippen molar-refractivity contribution in [1.29, 1.82) is 0 Å². The molecule has 0 saturated heterocycles. The van der Waals surface area contributed by atoms with E-state index in [2.05, 4.69) is 36.7 Å². The van der Waals surface area contributed by atoms with Gasteiger partial charge < -0.3 is 19.9 Å². The van der Waals surface area contributed by atoms with Crippen LogP contribution in [0.15, 0.2) is 43.0 Å². The highest BCUT2D eigenvalue weighted by Crippen LogP contribution is 2.46. The zero-order valence-corrected chi connectivity index (χ0v) is 19.6. The minimum absolute atomic E-state index is 0.00413. The Morgan fingerprint density at radius 2 is 2.06 bits per heavy atom. The van der Waals surface area contributed by atoms with Crippen LogP contribution < -0.4 is 4.74 Å². The number of ether oxygens (including phenoxy) is 1. The van der Waals surface area contributed by atoms with Gasteiger partial charge in [-0.25, -0.2) is 0 Å². The summed E-state index contributed by atoms with van der Waals surface area (Å²) < 4.78 is 5.87. The van der Waals surface area contributed by atoms with Crippen molar-refractivity contribution in [2.24, 2.45) is 5.92 Å². The summed E-state index contributed by atoms with van der Waals surface area (Å²) in [6.07, 6.45) is 13.3. The number of rotatable bonds is 10. The Hall–Kier alpha value is -2.46. The van der Waals surface area contributed by atoms with E-state index in [9.17, 15) is 10.2 Å². The van der Waals surface area contributed by atoms with Crippen LogP contribution in [0.4, 0.5) is 0 Å². The van der Waals surface area contributed by atoms with Crippen molar-refractivity contribution in [1.82, 2.24) is 4.98 Å². The molecule has 3 N–H and O–H groups in total. The second-order valence-electron chi connectivity index (χ2n) is 7.77. The molecular formula is C27H39NO3. The summed E-state index contributed by atoms with van der Waals surface area (Å²) in [5, 5.41) is 21.6. The van der Waals surface area contributed by atoms with Crippen molar-refractivity contribution in [2.45, 2.75) is 65.7 Å². The first kappa shape index (κ1) is 24.8. The molecule has 2 unspecified atom stereocenters. The summed E-state index contributed by atoms with van der Waals surface area (Å²) in [7, 11) is 0. The monoisotopic (exact) mass is 425 g/mol. The molecule has 4 nitrogen and oxygen atoms in total. The Morgan fingerprint density at radius 3 is 2.71 bits per heavy atom. The number of aliphatic hydroxyl groups excluding tert-OH is 1. The van der Waals surface area contributed by atoms with Gasteiger partial charge in [-0.3, -0.25) is 0 Å². The van der Waals surface area contributed by atoms with Crippen LogP contribution in [0.2, 0.25) is 0 Å². The van der Waals surface area contributed by atoms with Crippen molar-refractivity contribution in [3.63, 3.8) is 0 Å². The molecule has 31 heavy (non-hydrogen) atoms. The molecule has 0 spiro atoms. The van der Waals surface area contributed by atoms with Crippen LogP contribution >= 0.6 is 0 Å². The normalized spacial score (nSPS) is 16.4. The molecule has 2 atom stereocenters. The Labute approximate surface area is 187 Å². The Kier molecular flexibility index (Phi) is 9.93. The van der Waals surface area contributed by atoms with E-state index in [0.29, 0.717) is 12.4 Å². The largest absolute Gasteiger partial charge is 0.507 e. The van der Waals surface area contributed by atoms with Crippen LogP contribution in [0.3, 0.4) is 0 Å². The molecule has 1 aromatic carbocycles. The number of H-pyrrole nitrogens is 1. The van der Waals surface area contributed by atoms with Crippen LogP contribution in [-0.2, 0) is 0 Å². The van der Waals surface area contributed by atoms with Gasteiger partial charge in [0, 0.05) is 40.6 Å². The lowest BCUT2D eigenvalue weighted by Gasteiger charge is -2.25. The average Bonchev–Trinajstić information content (AvgIpc) is 3.17. The fraction of sp³-hybridized carbons (Fsp3) is 0.481. The first-order valence-electron chi connectivity index (χ1n) is 11.7. The number of hydrogen-bond donors (Lipinski definition) is 3. The molecule has 0 radical (unpaired) electrons. The number of unbranched alkanes of at least 4 members (excludes halogenated alkanes) is 2. The van der Waals surface area contributed by atoms with E-state index >= 15 is 0 Å². The summed E-state index contributed by atoms with van der Waals surface area (Å²) in [5.41, 5.74) is 4.05. The van der Waals surface area contributed by atoms with Crippen molar-refractivity contribution >= 4 is 16.5 Å². The van der Waals surface area contributed by atoms with Crippen LogP contribution in [-0.4, -0.2) is 28.4 Å². The number of phenolic OH excluding ortho intramolecular Hbond substituents is 1. The summed E-state index contributed by atoms with van der Waals surface area (Å²) in [5.74, 6) is 1.09. The SMILES string of the molecule is C=CCC(/C=C\C)C1=CCC(CO)c2[nH]c3cc(OCCCCC)cc(O)c3c21.CC. The molecule has 0 fully saturated rings. The molecule has 0 saturated carbocycles. The molecular weight excluding hydrogens is 386 g/mol. The van der Waals surface area contributed by atoms with E-state index in [0.717, 1.165) is 54.3 Å². The van der Waals surface area contributed by atoms with Crippen molar-refractivity contribution < 1.29 is 14.9 Å². The molecule has 1 aromatic heterocycles. The van der Waals surface area contributed by atoms with E-state index in [1.54, 1.807) is 6.07 Å². The van der Waals surface area contributed by atoms with Gasteiger partial charge in [0.2, 0.25) is 0 Å². The molecule has 1 aliphatic rings. The van der Waals surface area contributed by atoms with Gasteiger partial charge in [-0.2, -0.15) is 0 Å². The van der Waals surface area contributed by atoms with Gasteiger partial charge in [-0.1, -0.05) is 57.9 Å². The van der Waals surface area contributed by atoms with Gasteiger partial charge in [-0.05, 0) is 31.8 Å². The van der Waals surface area contributed by atoms with E-state index in [1.807, 2.05) is 32.9 Å². The first-order valence-corrected chi connectivity index (χ1v) is 11.7. The molecule has 0 aliphatic heterocycles. The highest BCUT2D eigenvalue weighted by molar-refractivity contribution is 6.00. The second kappa shape index (κ2) is 12.4. The molecule has 2 aromatic rings. The van der Waals surface area contributed by atoms with Gasteiger partial charge in [0.05, 0.1) is 18.7 Å². The fourth-order valence-corrected chi connectivity index (χ4v) is 4.25. The number of phenols is 1. The third kappa shape index (κ3) is 5.62. The molecule has 1 heterocycles. The van der Waals surface area contributed by atoms with Crippen molar-refractivity contribution in [2.75, 3.05) is 13.2 Å². The van der Waals surface area contributed by atoms with Crippen LogP contribution in [0.1, 0.15) is 77.0 Å². The quantitative estimate of drug-likeness (QED) is 0.281. The van der Waals surface area contributed by atoms with Gasteiger partial charge in [0.15, 0.2) is 0 Å². The number of aromatic hydroxyl groups is 1. The van der Waals surface area contributed by atoms with Crippen molar-refractivity contribution in [3.8, 4) is 11.5 Å². The smallest absolute Gasteiger partial charge is 0.129 e. The number of allylic oxidation sites excluding steroid dienone is 5. The molecule has 3 rings (SSSR count). The topological polar surface area (TPSA) is 65.5 Å². The zero-order chi connectivity index (χ0) is 22.8. The van der Waals surface area contributed by atoms with Crippen LogP contribution in [0.5, 0.6) is 11.5 Å². The third-order valence-corrected chi connectivity index (χ3v) is 5.68. The van der Waals surface area contributed by atoms with E-state index < -0.39 is 0 Å². The number of benzene rings is 1. The average molecular weight is 426 g/mol. The number of aromatic amines is 1. The highest BCUT2D eigenvalue weighted by Gasteiger charge is 2.29. The van der Waals surface area contributed by atoms with Gasteiger partial charge in [0.25, 0.3) is 0 Å².